The molecule has 4 unspecified atom stereocenters. The molecule has 6 nitrogen and oxygen atoms in total. The second-order valence-corrected chi connectivity index (χ2v) is 9.06. The zero-order valence-corrected chi connectivity index (χ0v) is 17.8. The normalized spacial score (nSPS) is 28.9. The molecule has 3 aliphatic rings. The van der Waals surface area contributed by atoms with E-state index >= 15 is 0 Å². The van der Waals surface area contributed by atoms with E-state index in [1.165, 1.54) is 0 Å². The summed E-state index contributed by atoms with van der Waals surface area (Å²) in [4.78, 5) is 26.1. The van der Waals surface area contributed by atoms with E-state index in [0.29, 0.717) is 6.42 Å². The van der Waals surface area contributed by atoms with Crippen LogP contribution in [-0.4, -0.2) is 36.2 Å². The highest BCUT2D eigenvalue weighted by atomic mass is 32.2. The first-order chi connectivity index (χ1) is 14.1. The van der Waals surface area contributed by atoms with E-state index in [-0.39, 0.29) is 35.2 Å². The number of hydrogen-bond donors (Lipinski definition) is 3. The predicted molar refractivity (Wildman–Crippen MR) is 114 cm³/mol. The van der Waals surface area contributed by atoms with Gasteiger partial charge in [-0.05, 0) is 42.7 Å². The van der Waals surface area contributed by atoms with E-state index in [1.54, 1.807) is 18.9 Å². The number of ether oxygens (including phenoxy) is 1. The third-order valence-corrected chi connectivity index (χ3v) is 7.09. The van der Waals surface area contributed by atoms with E-state index in [0.717, 1.165) is 54.0 Å². The van der Waals surface area contributed by atoms with Crippen molar-refractivity contribution in [1.29, 1.82) is 0 Å². The first-order valence-electron chi connectivity index (χ1n) is 10.5. The molecule has 0 aromatic heterocycles. The Balaban J connectivity index is 1.67. The van der Waals surface area contributed by atoms with Crippen LogP contribution in [0.4, 0.5) is 0 Å². The Morgan fingerprint density at radius 2 is 1.93 bits per heavy atom. The van der Waals surface area contributed by atoms with Crippen LogP contribution >= 0.6 is 11.8 Å². The van der Waals surface area contributed by atoms with Crippen molar-refractivity contribution in [3.63, 3.8) is 0 Å². The standard InChI is InChI=1S/C22H29N3O3S/c1-3-4-12-29-22-24-20-19(21(27)25-22)17(13-8-10-14(28-2)11-9-13)18-15(23-20)6-5-7-16(18)26/h8-11,17,19-20,22-24H,3-7,12H2,1-2H3,(H,25,27). The number of fused-ring (bicyclic) bond motifs is 1. The molecule has 3 N–H and O–H groups in total. The molecule has 2 aliphatic heterocycles. The number of benzene rings is 1. The maximum atomic E-state index is 13.2. The molecular formula is C22H29N3O3S. The van der Waals surface area contributed by atoms with Crippen LogP contribution in [0.25, 0.3) is 0 Å². The van der Waals surface area contributed by atoms with Gasteiger partial charge in [-0.15, -0.1) is 11.8 Å². The number of carbonyl (C=O) groups is 2. The van der Waals surface area contributed by atoms with Crippen molar-refractivity contribution in [2.45, 2.75) is 56.6 Å². The monoisotopic (exact) mass is 415 g/mol. The maximum Gasteiger partial charge on any atom is 0.229 e. The Hall–Kier alpha value is -1.99. The summed E-state index contributed by atoms with van der Waals surface area (Å²) in [5, 5.41) is 10.2. The van der Waals surface area contributed by atoms with Crippen LogP contribution < -0.4 is 20.7 Å². The molecule has 0 spiro atoms. The van der Waals surface area contributed by atoms with Gasteiger partial charge in [0, 0.05) is 23.6 Å². The molecule has 1 aromatic carbocycles. The van der Waals surface area contributed by atoms with Crippen molar-refractivity contribution in [3.8, 4) is 5.75 Å². The minimum Gasteiger partial charge on any atom is -0.497 e. The summed E-state index contributed by atoms with van der Waals surface area (Å²) in [6.07, 6.45) is 4.34. The summed E-state index contributed by atoms with van der Waals surface area (Å²) in [6, 6.07) is 7.76. The number of thioether (sulfide) groups is 1. The average Bonchev–Trinajstić information content (AvgIpc) is 2.73. The Morgan fingerprint density at radius 3 is 2.66 bits per heavy atom. The molecule has 1 aliphatic carbocycles. The molecule has 156 valence electrons. The van der Waals surface area contributed by atoms with Crippen molar-refractivity contribution in [3.05, 3.63) is 41.1 Å². The fourth-order valence-corrected chi connectivity index (χ4v) is 5.66. The summed E-state index contributed by atoms with van der Waals surface area (Å²) < 4.78 is 5.29. The molecule has 4 rings (SSSR count). The van der Waals surface area contributed by atoms with Crippen LogP contribution in [0, 0.1) is 5.92 Å². The van der Waals surface area contributed by atoms with Crippen LogP contribution in [0.1, 0.15) is 50.5 Å². The second-order valence-electron chi connectivity index (χ2n) is 7.85. The minimum atomic E-state index is -0.368. The van der Waals surface area contributed by atoms with Crippen LogP contribution in [0.5, 0.6) is 5.75 Å². The molecule has 1 amide bonds. The summed E-state index contributed by atoms with van der Waals surface area (Å²) >= 11 is 1.73. The Bertz CT molecular complexity index is 808. The van der Waals surface area contributed by atoms with Crippen LogP contribution in [-0.2, 0) is 9.59 Å². The highest BCUT2D eigenvalue weighted by Crippen LogP contribution is 2.44. The lowest BCUT2D eigenvalue weighted by molar-refractivity contribution is -0.130. The zero-order chi connectivity index (χ0) is 20.4. The van der Waals surface area contributed by atoms with E-state index in [9.17, 15) is 9.59 Å². The molecule has 4 atom stereocenters. The van der Waals surface area contributed by atoms with E-state index in [2.05, 4.69) is 22.9 Å². The summed E-state index contributed by atoms with van der Waals surface area (Å²) in [5.74, 6) is 1.31. The van der Waals surface area contributed by atoms with Gasteiger partial charge < -0.3 is 15.4 Å². The first-order valence-corrected chi connectivity index (χ1v) is 11.5. The molecule has 2 heterocycles. The first kappa shape index (κ1) is 20.3. The summed E-state index contributed by atoms with van der Waals surface area (Å²) in [5.41, 5.74) is 2.67. The van der Waals surface area contributed by atoms with Gasteiger partial charge in [-0.1, -0.05) is 25.5 Å². The highest BCUT2D eigenvalue weighted by Gasteiger charge is 2.48. The zero-order valence-electron chi connectivity index (χ0n) is 17.0. The van der Waals surface area contributed by atoms with E-state index < -0.39 is 0 Å². The largest absolute Gasteiger partial charge is 0.497 e. The van der Waals surface area contributed by atoms with Crippen molar-refractivity contribution in [2.24, 2.45) is 5.92 Å². The van der Waals surface area contributed by atoms with Gasteiger partial charge in [-0.2, -0.15) is 0 Å². The van der Waals surface area contributed by atoms with Crippen LogP contribution in [0.3, 0.4) is 0 Å². The number of Topliss-reactive ketones (excluding diaryl/α,β-unsaturated/α-hetero) is 1. The molecule has 1 aromatic rings. The molecular weight excluding hydrogens is 386 g/mol. The molecule has 1 saturated heterocycles. The number of unbranched alkanes of at least 4 members (excludes halogenated alkanes) is 1. The number of ketones is 1. The van der Waals surface area contributed by atoms with Crippen molar-refractivity contribution in [2.75, 3.05) is 12.9 Å². The van der Waals surface area contributed by atoms with E-state index in [1.807, 2.05) is 24.3 Å². The molecule has 0 bridgehead atoms. The van der Waals surface area contributed by atoms with Gasteiger partial charge in [-0.25, -0.2) is 0 Å². The Labute approximate surface area is 176 Å². The predicted octanol–water partition coefficient (Wildman–Crippen LogP) is 2.87. The molecule has 1 fully saturated rings. The molecule has 29 heavy (non-hydrogen) atoms. The number of allylic oxidation sites excluding steroid dienone is 2. The average molecular weight is 416 g/mol. The number of carbonyl (C=O) groups excluding carboxylic acids is 2. The Kier molecular flexibility index (Phi) is 6.15. The van der Waals surface area contributed by atoms with Crippen molar-refractivity contribution in [1.82, 2.24) is 16.0 Å². The van der Waals surface area contributed by atoms with Crippen molar-refractivity contribution >= 4 is 23.5 Å². The van der Waals surface area contributed by atoms with Gasteiger partial charge in [0.05, 0.1) is 19.2 Å². The summed E-state index contributed by atoms with van der Waals surface area (Å²) in [6.45, 7) is 2.17. The van der Waals surface area contributed by atoms with Gasteiger partial charge in [0.1, 0.15) is 11.2 Å². The lowest BCUT2D eigenvalue weighted by Gasteiger charge is -2.47. The number of methoxy groups -OCH3 is 1. The highest BCUT2D eigenvalue weighted by molar-refractivity contribution is 7.99. The van der Waals surface area contributed by atoms with Crippen LogP contribution in [0.2, 0.25) is 0 Å². The Morgan fingerprint density at radius 1 is 1.14 bits per heavy atom. The smallest absolute Gasteiger partial charge is 0.229 e. The van der Waals surface area contributed by atoms with E-state index in [4.69, 9.17) is 4.74 Å². The number of hydrogen-bond acceptors (Lipinski definition) is 6. The molecule has 0 radical (unpaired) electrons. The van der Waals surface area contributed by atoms with Gasteiger partial charge in [0.2, 0.25) is 5.91 Å². The van der Waals surface area contributed by atoms with Gasteiger partial charge in [0.25, 0.3) is 0 Å². The van der Waals surface area contributed by atoms with Gasteiger partial charge in [0.15, 0.2) is 5.78 Å². The minimum absolute atomic E-state index is 0.000917. The van der Waals surface area contributed by atoms with Gasteiger partial charge in [-0.3, -0.25) is 14.9 Å². The van der Waals surface area contributed by atoms with Gasteiger partial charge >= 0.3 is 0 Å². The number of rotatable bonds is 6. The molecule has 7 heteroatoms. The number of amides is 1. The SMILES string of the molecule is CCCCSC1NC(=O)C2C(NC3=C(C(=O)CCC3)C2c2ccc(OC)cc2)N1. The van der Waals surface area contributed by atoms with Crippen LogP contribution in [0.15, 0.2) is 35.5 Å². The third-order valence-electron chi connectivity index (χ3n) is 5.98. The molecule has 0 saturated carbocycles. The summed E-state index contributed by atoms with van der Waals surface area (Å²) in [7, 11) is 1.63. The number of nitrogens with one attached hydrogen (secondary N) is 3. The van der Waals surface area contributed by atoms with Crippen molar-refractivity contribution < 1.29 is 14.3 Å². The lowest BCUT2D eigenvalue weighted by atomic mass is 9.70. The lowest BCUT2D eigenvalue weighted by Crippen LogP contribution is -2.67. The fourth-order valence-electron chi connectivity index (χ4n) is 4.52. The maximum absolute atomic E-state index is 13.2. The third kappa shape index (κ3) is 4.03. The topological polar surface area (TPSA) is 79.5 Å². The quantitative estimate of drug-likeness (QED) is 0.620. The fraction of sp³-hybridized carbons (Fsp3) is 0.545. The second kappa shape index (κ2) is 8.79.